The van der Waals surface area contributed by atoms with Gasteiger partial charge in [0.1, 0.15) is 0 Å². The fraction of sp³-hybridized carbons (Fsp3) is 0.167. The number of benzene rings is 1. The van der Waals surface area contributed by atoms with E-state index in [0.717, 1.165) is 26.7 Å². The minimum atomic E-state index is 1.07. The molecule has 68 valence electrons. The molecule has 0 fully saturated rings. The van der Waals surface area contributed by atoms with Crippen LogP contribution in [0.4, 0.5) is 0 Å². The minimum Gasteiger partial charge on any atom is -0.0955 e. The Morgan fingerprint density at radius 1 is 1.15 bits per heavy atom. The predicted octanol–water partition coefficient (Wildman–Crippen LogP) is 4.52. The highest BCUT2D eigenvalue weighted by Crippen LogP contribution is 2.26. The second kappa shape index (κ2) is 3.93. The van der Waals surface area contributed by atoms with Gasteiger partial charge in [0.25, 0.3) is 0 Å². The molecule has 0 spiro atoms. The molecule has 0 aliphatic rings. The highest BCUT2D eigenvalue weighted by atomic mass is 79.9. The van der Waals surface area contributed by atoms with Crippen LogP contribution in [0.15, 0.2) is 35.8 Å². The van der Waals surface area contributed by atoms with E-state index in [-0.39, 0.29) is 0 Å². The number of rotatable bonds is 2. The molecule has 13 heavy (non-hydrogen) atoms. The van der Waals surface area contributed by atoms with Crippen LogP contribution in [0.5, 0.6) is 0 Å². The zero-order valence-electron chi connectivity index (χ0n) is 8.02. The van der Waals surface area contributed by atoms with E-state index in [1.54, 1.807) is 0 Å². The summed E-state index contributed by atoms with van der Waals surface area (Å²) in [6.45, 7) is 11.8. The summed E-state index contributed by atoms with van der Waals surface area (Å²) in [5.74, 6) is 0. The van der Waals surface area contributed by atoms with Gasteiger partial charge < -0.3 is 0 Å². The Labute approximate surface area is 88.1 Å². The summed E-state index contributed by atoms with van der Waals surface area (Å²) in [5.41, 5.74) is 4.47. The van der Waals surface area contributed by atoms with E-state index in [1.807, 2.05) is 13.8 Å². The molecule has 0 N–H and O–H groups in total. The summed E-state index contributed by atoms with van der Waals surface area (Å²) >= 11 is 3.51. The van der Waals surface area contributed by atoms with Gasteiger partial charge in [-0.2, -0.15) is 0 Å². The minimum absolute atomic E-state index is 1.07. The highest BCUT2D eigenvalue weighted by Gasteiger charge is 2.01. The van der Waals surface area contributed by atoms with Crippen molar-refractivity contribution in [2.24, 2.45) is 0 Å². The Morgan fingerprint density at radius 3 is 2.15 bits per heavy atom. The van der Waals surface area contributed by atoms with Crippen LogP contribution in [0.1, 0.15) is 25.0 Å². The second-order valence-electron chi connectivity index (χ2n) is 3.26. The van der Waals surface area contributed by atoms with Crippen LogP contribution in [0, 0.1) is 0 Å². The quantitative estimate of drug-likeness (QED) is 0.709. The van der Waals surface area contributed by atoms with Gasteiger partial charge in [-0.25, -0.2) is 0 Å². The van der Waals surface area contributed by atoms with E-state index in [0.29, 0.717) is 0 Å². The van der Waals surface area contributed by atoms with E-state index in [4.69, 9.17) is 0 Å². The maximum absolute atomic E-state index is 3.91. The van der Waals surface area contributed by atoms with Crippen LogP contribution >= 0.6 is 15.9 Å². The first-order chi connectivity index (χ1) is 6.02. The Kier molecular flexibility index (Phi) is 3.10. The summed E-state index contributed by atoms with van der Waals surface area (Å²) in [6.07, 6.45) is 0. The smallest absolute Gasteiger partial charge is 0.0256 e. The molecule has 0 aromatic heterocycles. The fourth-order valence-electron chi connectivity index (χ4n) is 1.13. The second-order valence-corrected chi connectivity index (χ2v) is 4.11. The molecule has 0 unspecified atom stereocenters. The topological polar surface area (TPSA) is 0 Å². The molecular weight excluding hydrogens is 224 g/mol. The molecule has 0 aliphatic carbocycles. The van der Waals surface area contributed by atoms with Gasteiger partial charge in [0.15, 0.2) is 0 Å². The normalized spacial score (nSPS) is 9.77. The molecule has 1 heteroatoms. The third-order valence-electron chi connectivity index (χ3n) is 1.92. The van der Waals surface area contributed by atoms with Gasteiger partial charge in [-0.1, -0.05) is 46.8 Å². The van der Waals surface area contributed by atoms with Gasteiger partial charge >= 0.3 is 0 Å². The van der Waals surface area contributed by atoms with Crippen molar-refractivity contribution in [3.63, 3.8) is 0 Å². The third kappa shape index (κ3) is 2.31. The molecule has 0 aliphatic heterocycles. The lowest BCUT2D eigenvalue weighted by Gasteiger charge is -2.06. The SMILES string of the molecule is C=C(C)c1ccc(C(=C)C)c(Br)c1. The Morgan fingerprint density at radius 2 is 1.77 bits per heavy atom. The molecule has 0 radical (unpaired) electrons. The van der Waals surface area contributed by atoms with Crippen molar-refractivity contribution < 1.29 is 0 Å². The maximum Gasteiger partial charge on any atom is 0.0256 e. The molecular formula is C12H13Br. The molecule has 0 nitrogen and oxygen atoms in total. The van der Waals surface area contributed by atoms with Crippen molar-refractivity contribution in [1.82, 2.24) is 0 Å². The van der Waals surface area contributed by atoms with E-state index in [9.17, 15) is 0 Å². The van der Waals surface area contributed by atoms with E-state index in [1.165, 1.54) is 0 Å². The number of hydrogen-bond acceptors (Lipinski definition) is 0. The fourth-order valence-corrected chi connectivity index (χ4v) is 1.84. The van der Waals surface area contributed by atoms with E-state index < -0.39 is 0 Å². The molecule has 0 heterocycles. The molecule has 0 amide bonds. The van der Waals surface area contributed by atoms with Crippen molar-refractivity contribution in [3.05, 3.63) is 47.0 Å². The third-order valence-corrected chi connectivity index (χ3v) is 2.58. The first-order valence-electron chi connectivity index (χ1n) is 4.13. The van der Waals surface area contributed by atoms with Gasteiger partial charge in [-0.3, -0.25) is 0 Å². The average Bonchev–Trinajstić information content (AvgIpc) is 2.03. The Balaban J connectivity index is 3.20. The molecule has 0 saturated carbocycles. The van der Waals surface area contributed by atoms with Gasteiger partial charge in [0.05, 0.1) is 0 Å². The van der Waals surface area contributed by atoms with Gasteiger partial charge in [-0.15, -0.1) is 0 Å². The van der Waals surface area contributed by atoms with Crippen LogP contribution in [-0.4, -0.2) is 0 Å². The zero-order valence-corrected chi connectivity index (χ0v) is 9.61. The number of allylic oxidation sites excluding steroid dienone is 2. The average molecular weight is 237 g/mol. The first-order valence-corrected chi connectivity index (χ1v) is 4.93. The van der Waals surface area contributed by atoms with Crippen LogP contribution in [0.3, 0.4) is 0 Å². The van der Waals surface area contributed by atoms with Crippen LogP contribution < -0.4 is 0 Å². The Bertz CT molecular complexity index is 361. The monoisotopic (exact) mass is 236 g/mol. The van der Waals surface area contributed by atoms with E-state index in [2.05, 4.69) is 47.3 Å². The summed E-state index contributed by atoms with van der Waals surface area (Å²) in [7, 11) is 0. The van der Waals surface area contributed by atoms with E-state index >= 15 is 0 Å². The molecule has 1 aromatic rings. The van der Waals surface area contributed by atoms with Gasteiger partial charge in [0, 0.05) is 4.47 Å². The number of halogens is 1. The molecule has 0 bridgehead atoms. The summed E-state index contributed by atoms with van der Waals surface area (Å²) in [5, 5.41) is 0. The van der Waals surface area contributed by atoms with Crippen molar-refractivity contribution in [3.8, 4) is 0 Å². The molecule has 1 aromatic carbocycles. The predicted molar refractivity (Wildman–Crippen MR) is 63.6 cm³/mol. The maximum atomic E-state index is 3.91. The lowest BCUT2D eigenvalue weighted by atomic mass is 10.0. The molecule has 1 rings (SSSR count). The van der Waals surface area contributed by atoms with Crippen molar-refractivity contribution in [1.29, 1.82) is 0 Å². The first kappa shape index (κ1) is 10.3. The van der Waals surface area contributed by atoms with Crippen LogP contribution in [-0.2, 0) is 0 Å². The van der Waals surface area contributed by atoms with Crippen molar-refractivity contribution in [2.75, 3.05) is 0 Å². The summed E-state index contributed by atoms with van der Waals surface area (Å²) < 4.78 is 1.08. The van der Waals surface area contributed by atoms with Crippen LogP contribution in [0.2, 0.25) is 0 Å². The van der Waals surface area contributed by atoms with Crippen LogP contribution in [0.25, 0.3) is 11.1 Å². The molecule has 0 saturated heterocycles. The van der Waals surface area contributed by atoms with Crippen molar-refractivity contribution in [2.45, 2.75) is 13.8 Å². The lowest BCUT2D eigenvalue weighted by Crippen LogP contribution is -1.84. The lowest BCUT2D eigenvalue weighted by molar-refractivity contribution is 1.49. The Hall–Kier alpha value is -0.820. The summed E-state index contributed by atoms with van der Waals surface area (Å²) in [4.78, 5) is 0. The summed E-state index contributed by atoms with van der Waals surface area (Å²) in [6, 6.07) is 6.21. The standard InChI is InChI=1S/C12H13Br/c1-8(2)10-5-6-11(9(3)4)12(13)7-10/h5-7H,1,3H2,2,4H3. The van der Waals surface area contributed by atoms with Crippen molar-refractivity contribution >= 4 is 27.1 Å². The van der Waals surface area contributed by atoms with Gasteiger partial charge in [-0.05, 0) is 36.6 Å². The zero-order chi connectivity index (χ0) is 10.0. The number of hydrogen-bond donors (Lipinski definition) is 0. The highest BCUT2D eigenvalue weighted by molar-refractivity contribution is 9.10. The molecule has 0 atom stereocenters. The largest absolute Gasteiger partial charge is 0.0955 e. The van der Waals surface area contributed by atoms with Gasteiger partial charge in [0.2, 0.25) is 0 Å².